The van der Waals surface area contributed by atoms with Gasteiger partial charge in [-0.15, -0.1) is 9.05 Å². The van der Waals surface area contributed by atoms with Crippen LogP contribution in [0.4, 0.5) is 0 Å². The maximum absolute atomic E-state index is 12.7. The quantitative estimate of drug-likeness (QED) is 0.0337. The number of carbonyl (C=O) groups is 1. The Morgan fingerprint density at radius 2 is 1.58 bits per heavy atom. The average Bonchev–Trinajstić information content (AvgIpc) is 3.34. The minimum atomic E-state index is -5.31. The smallest absolute Gasteiger partial charge is 0.453 e. The number of carbonyl (C=O) groups excluding carboxylic acids is 1. The molecular formula is C29H54N3O18P2+3. The van der Waals surface area contributed by atoms with Crippen LogP contribution in [0.15, 0.2) is 21.9 Å². The van der Waals surface area contributed by atoms with E-state index in [1.165, 1.54) is 25.7 Å². The zero-order chi connectivity index (χ0) is 38.6. The van der Waals surface area contributed by atoms with Crippen molar-refractivity contribution in [1.82, 2.24) is 9.55 Å². The topological polar surface area (TPSA) is 337 Å². The van der Waals surface area contributed by atoms with E-state index in [-0.39, 0.29) is 0 Å². The van der Waals surface area contributed by atoms with Gasteiger partial charge in [-0.1, -0.05) is 64.7 Å². The Morgan fingerprint density at radius 3 is 2.19 bits per heavy atom. The van der Waals surface area contributed by atoms with Crippen molar-refractivity contribution >= 4 is 22.3 Å². The van der Waals surface area contributed by atoms with Crippen molar-refractivity contribution < 1.29 is 83.2 Å². The number of aromatic nitrogens is 2. The maximum atomic E-state index is 12.7. The average molecular weight is 795 g/mol. The Kier molecular flexibility index (Phi) is 18.0. The predicted octanol–water partition coefficient (Wildman–Crippen LogP) is -2.20. The number of aromatic amines is 1. The molecular weight excluding hydrogens is 740 g/mol. The van der Waals surface area contributed by atoms with Crippen molar-refractivity contribution in [2.45, 2.75) is 139 Å². The van der Waals surface area contributed by atoms with Crippen molar-refractivity contribution in [3.63, 3.8) is 0 Å². The summed E-state index contributed by atoms with van der Waals surface area (Å²) in [5.41, 5.74) is 1.98. The number of hydrogen-bond donors (Lipinski definition) is 11. The molecule has 21 nitrogen and oxygen atoms in total. The number of hydrogen-bond acceptors (Lipinski definition) is 18. The molecule has 2 aliphatic heterocycles. The Bertz CT molecular complexity index is 1350. The van der Waals surface area contributed by atoms with E-state index >= 15 is 0 Å². The van der Waals surface area contributed by atoms with Gasteiger partial charge in [-0.2, -0.15) is 19.6 Å². The third-order valence-electron chi connectivity index (χ3n) is 8.61. The van der Waals surface area contributed by atoms with Crippen LogP contribution in [-0.2, 0) is 32.4 Å². The summed E-state index contributed by atoms with van der Waals surface area (Å²) in [6.07, 6.45) is -3.53. The maximum Gasteiger partial charge on any atom is 0.623 e. The molecule has 3 rings (SSSR count). The van der Waals surface area contributed by atoms with Crippen molar-refractivity contribution in [2.24, 2.45) is 0 Å². The predicted molar refractivity (Wildman–Crippen MR) is 179 cm³/mol. The van der Waals surface area contributed by atoms with Gasteiger partial charge in [-0.3, -0.25) is 19.1 Å². The fourth-order valence-corrected chi connectivity index (χ4v) is 8.05. The van der Waals surface area contributed by atoms with Gasteiger partial charge in [0, 0.05) is 12.3 Å². The number of aliphatic hydroxyl groups is 5. The Balaban J connectivity index is 1.50. The molecule has 2 fully saturated rings. The van der Waals surface area contributed by atoms with Gasteiger partial charge in [0.25, 0.3) is 11.8 Å². The van der Waals surface area contributed by atoms with E-state index in [2.05, 4.69) is 17.0 Å². The highest BCUT2D eigenvalue weighted by Crippen LogP contribution is 2.70. The van der Waals surface area contributed by atoms with Crippen LogP contribution in [0.2, 0.25) is 0 Å². The molecule has 2 aliphatic rings. The van der Waals surface area contributed by atoms with Crippen LogP contribution >= 0.6 is 16.3 Å². The van der Waals surface area contributed by atoms with Gasteiger partial charge >= 0.3 is 28.0 Å². The fourth-order valence-electron chi connectivity index (χ4n) is 5.78. The van der Waals surface area contributed by atoms with Crippen LogP contribution in [0.25, 0.3) is 0 Å². The molecule has 1 aromatic rings. The second-order valence-corrected chi connectivity index (χ2v) is 15.9. The van der Waals surface area contributed by atoms with E-state index in [0.29, 0.717) is 12.8 Å². The summed E-state index contributed by atoms with van der Waals surface area (Å²) >= 11 is 0. The monoisotopic (exact) mass is 794 g/mol. The molecule has 3 heterocycles. The summed E-state index contributed by atoms with van der Waals surface area (Å²) in [6, 6.07) is -0.459. The van der Waals surface area contributed by atoms with Crippen molar-refractivity contribution in [3.8, 4) is 0 Å². The standard InChI is InChI=1S/C29H52N3O18P2/c1-2-3-4-5-6-7-8-9-10-11-17(34)14-21(36)48-26-22(30)28(47-18(15-33)24(26)38)49-52(43,44)50-51(41,42)45-16-19-23(37)25(39)27(46-19)32-13-12-20(35)31-29(32)40/h12-13,17-19,22-28,33-34,37-39,41-44H,2-11,14-16,30H2,1H3/q+1/p+2/t17-,18-,19-,22-,23-,24-,25-,26-,27-,28-/m1/s1. The van der Waals surface area contributed by atoms with E-state index in [4.69, 9.17) is 23.3 Å². The summed E-state index contributed by atoms with van der Waals surface area (Å²) in [6.45, 7) is 0.372. The molecule has 23 heteroatoms. The Hall–Kier alpha value is -1.59. The molecule has 0 amide bonds. The highest BCUT2D eigenvalue weighted by molar-refractivity contribution is 7.68. The van der Waals surface area contributed by atoms with Crippen LogP contribution in [0, 0.1) is 0 Å². The number of esters is 1. The zero-order valence-corrected chi connectivity index (χ0v) is 30.7. The third kappa shape index (κ3) is 13.6. The second kappa shape index (κ2) is 20.9. The van der Waals surface area contributed by atoms with E-state index in [0.717, 1.165) is 42.5 Å². The molecule has 300 valence electrons. The van der Waals surface area contributed by atoms with Crippen LogP contribution in [0.3, 0.4) is 0 Å². The number of ether oxygens (including phenoxy) is 3. The molecule has 0 radical (unpaired) electrons. The van der Waals surface area contributed by atoms with Crippen molar-refractivity contribution in [3.05, 3.63) is 33.1 Å². The molecule has 0 aromatic carbocycles. The lowest BCUT2D eigenvalue weighted by Gasteiger charge is -2.38. The highest BCUT2D eigenvalue weighted by atomic mass is 31.3. The SMILES string of the molecule is CCCCCCCCCCC[C@@H](O)CC(=O)O[C@@H]1[C@@H]([NH3+])[C@@H](O[P+](O)(O)O[P+](O)(O)OC[C@H]2O[C@@H](n3ccc(=O)[nH]c3=O)[C@H](O)[C@@H]2O)O[C@H](CO)[C@H]1O. The van der Waals surface area contributed by atoms with Gasteiger partial charge in [-0.25, -0.2) is 4.79 Å². The number of unbranched alkanes of at least 4 members (excludes halogenated alkanes) is 8. The molecule has 10 atom stereocenters. The molecule has 0 aliphatic carbocycles. The number of nitrogens with one attached hydrogen (secondary N) is 1. The lowest BCUT2D eigenvalue weighted by molar-refractivity contribution is -0.495. The fraction of sp³-hybridized carbons (Fsp3) is 0.828. The highest BCUT2D eigenvalue weighted by Gasteiger charge is 2.65. The van der Waals surface area contributed by atoms with E-state index in [9.17, 15) is 59.5 Å². The Labute approximate surface area is 300 Å². The number of quaternary nitrogens is 1. The molecule has 1 aromatic heterocycles. The minimum Gasteiger partial charge on any atom is -0.453 e. The Morgan fingerprint density at radius 1 is 0.942 bits per heavy atom. The molecule has 0 saturated carbocycles. The number of rotatable bonds is 22. The number of H-pyrrole nitrogens is 1. The number of aliphatic hydroxyl groups excluding tert-OH is 5. The van der Waals surface area contributed by atoms with Gasteiger partial charge in [0.1, 0.15) is 37.1 Å². The third-order valence-corrected chi connectivity index (χ3v) is 11.3. The molecule has 52 heavy (non-hydrogen) atoms. The van der Waals surface area contributed by atoms with Crippen LogP contribution in [0.1, 0.15) is 83.8 Å². The van der Waals surface area contributed by atoms with E-state index in [1.807, 2.05) is 4.98 Å². The normalized spacial score (nSPS) is 28.9. The van der Waals surface area contributed by atoms with Crippen LogP contribution < -0.4 is 17.0 Å². The summed E-state index contributed by atoms with van der Waals surface area (Å²) in [5.74, 6) is -0.915. The molecule has 0 unspecified atom stereocenters. The summed E-state index contributed by atoms with van der Waals surface area (Å²) in [5, 5.41) is 51.4. The van der Waals surface area contributed by atoms with Gasteiger partial charge < -0.3 is 45.5 Å². The summed E-state index contributed by atoms with van der Waals surface area (Å²) in [7, 11) is -10.5. The van der Waals surface area contributed by atoms with Crippen molar-refractivity contribution in [1.29, 1.82) is 0 Å². The zero-order valence-electron chi connectivity index (χ0n) is 28.9. The van der Waals surface area contributed by atoms with Gasteiger partial charge in [-0.05, 0) is 6.42 Å². The lowest BCUT2D eigenvalue weighted by atomic mass is 9.97. The molecule has 2 saturated heterocycles. The second-order valence-electron chi connectivity index (χ2n) is 12.8. The summed E-state index contributed by atoms with van der Waals surface area (Å²) < 4.78 is 31.2. The molecule has 0 spiro atoms. The van der Waals surface area contributed by atoms with Gasteiger partial charge in [0.2, 0.25) is 0 Å². The molecule has 0 bridgehead atoms. The van der Waals surface area contributed by atoms with Gasteiger partial charge in [0.05, 0.1) is 23.4 Å². The number of nitrogens with zero attached hydrogens (tertiary/aromatic N) is 1. The minimum absolute atomic E-state index is 0.344. The van der Waals surface area contributed by atoms with Crippen molar-refractivity contribution in [2.75, 3.05) is 13.2 Å². The van der Waals surface area contributed by atoms with Gasteiger partial charge in [0.15, 0.2) is 18.4 Å². The van der Waals surface area contributed by atoms with Crippen LogP contribution in [-0.4, -0.2) is 129 Å². The lowest BCUT2D eigenvalue weighted by Crippen LogP contribution is -2.78. The first-order valence-corrected chi connectivity index (χ1v) is 20.3. The largest absolute Gasteiger partial charge is 0.623 e. The summed E-state index contributed by atoms with van der Waals surface area (Å²) in [4.78, 5) is 79.4. The first kappa shape index (κ1) is 44.8. The van der Waals surface area contributed by atoms with E-state index < -0.39 is 114 Å². The van der Waals surface area contributed by atoms with Crippen LogP contribution in [0.5, 0.6) is 0 Å². The first-order chi connectivity index (χ1) is 24.5. The van der Waals surface area contributed by atoms with E-state index in [1.54, 1.807) is 0 Å². The first-order valence-electron chi connectivity index (χ1n) is 17.2. The molecule has 13 N–H and O–H groups in total.